The molecule has 1 spiro atoms. The largest absolute Gasteiger partial charge is 0.368 e. The summed E-state index contributed by atoms with van der Waals surface area (Å²) in [7, 11) is 0. The minimum absolute atomic E-state index is 0. The predicted molar refractivity (Wildman–Crippen MR) is 116 cm³/mol. The molecule has 0 aromatic carbocycles. The third kappa shape index (κ3) is 3.45. The summed E-state index contributed by atoms with van der Waals surface area (Å²) < 4.78 is 8.13. The molecule has 2 aromatic rings. The van der Waals surface area contributed by atoms with Gasteiger partial charge in [0, 0.05) is 25.5 Å². The number of carbonyl (C=O) groups is 2. The van der Waals surface area contributed by atoms with Gasteiger partial charge in [0.1, 0.15) is 5.65 Å². The summed E-state index contributed by atoms with van der Waals surface area (Å²) in [5, 5.41) is 2.99. The van der Waals surface area contributed by atoms with Crippen molar-refractivity contribution in [3.63, 3.8) is 0 Å². The normalized spacial score (nSPS) is 28.9. The Balaban J connectivity index is 0.00000128. The molecule has 2 aromatic heterocycles. The van der Waals surface area contributed by atoms with Crippen molar-refractivity contribution in [2.75, 3.05) is 19.6 Å². The van der Waals surface area contributed by atoms with Crippen molar-refractivity contribution in [2.45, 2.75) is 38.0 Å². The minimum atomic E-state index is -0.500. The van der Waals surface area contributed by atoms with E-state index in [0.717, 1.165) is 29.7 Å². The first-order valence-corrected chi connectivity index (χ1v) is 9.89. The molecule has 3 fully saturated rings. The van der Waals surface area contributed by atoms with E-state index < -0.39 is 11.5 Å². The average molecular weight is 456 g/mol. The Labute approximate surface area is 187 Å². The van der Waals surface area contributed by atoms with E-state index >= 15 is 0 Å². The maximum absolute atomic E-state index is 13.0. The Hall–Kier alpha value is -1.87. The first-order valence-electron chi connectivity index (χ1n) is 9.89. The van der Waals surface area contributed by atoms with E-state index in [1.165, 1.54) is 0 Å². The van der Waals surface area contributed by atoms with Gasteiger partial charge in [-0.2, -0.15) is 0 Å². The number of nitrogens with one attached hydrogen (secondary N) is 1. The molecule has 2 bridgehead atoms. The Morgan fingerprint density at radius 3 is 3.00 bits per heavy atom. The number of halogens is 2. The monoisotopic (exact) mass is 455 g/mol. The number of fused-ring (bicyclic) bond motifs is 2. The molecule has 3 saturated heterocycles. The van der Waals surface area contributed by atoms with Gasteiger partial charge in [0.05, 0.1) is 42.3 Å². The van der Waals surface area contributed by atoms with Gasteiger partial charge in [0.2, 0.25) is 11.8 Å². The number of aromatic nitrogens is 2. The van der Waals surface area contributed by atoms with Crippen LogP contribution in [0.15, 0.2) is 24.5 Å². The number of pyridine rings is 1. The zero-order valence-corrected chi connectivity index (χ0v) is 18.4. The second-order valence-corrected chi connectivity index (χ2v) is 8.23. The lowest BCUT2D eigenvalue weighted by atomic mass is 9.73. The second kappa shape index (κ2) is 8.34. The Morgan fingerprint density at radius 1 is 1.43 bits per heavy atom. The molecule has 0 radical (unpaired) electrons. The zero-order chi connectivity index (χ0) is 19.5. The lowest BCUT2D eigenvalue weighted by molar-refractivity contribution is -0.138. The maximum atomic E-state index is 13.0. The number of aryl methyl sites for hydroxylation is 1. The van der Waals surface area contributed by atoms with Crippen molar-refractivity contribution >= 4 is 42.3 Å². The maximum Gasteiger partial charge on any atom is 0.229 e. The van der Waals surface area contributed by atoms with Gasteiger partial charge in [-0.15, -0.1) is 24.8 Å². The molecule has 5 heterocycles. The minimum Gasteiger partial charge on any atom is -0.368 e. The molecule has 164 valence electrons. The SMILES string of the molecule is Cc1ccn2cc(CNC(=O)[C@H]3[C@@H]4CC[C@@]5(CN(CCN)C(=O)[C@@H]35)O4)nc2c1.Cl.Cl. The van der Waals surface area contributed by atoms with Crippen molar-refractivity contribution in [2.24, 2.45) is 17.6 Å². The summed E-state index contributed by atoms with van der Waals surface area (Å²) >= 11 is 0. The fourth-order valence-electron chi connectivity index (χ4n) is 5.20. The van der Waals surface area contributed by atoms with Crippen molar-refractivity contribution in [1.29, 1.82) is 0 Å². The number of hydrogen-bond donors (Lipinski definition) is 2. The van der Waals surface area contributed by atoms with E-state index in [2.05, 4.69) is 10.3 Å². The van der Waals surface area contributed by atoms with Gasteiger partial charge in [-0.3, -0.25) is 9.59 Å². The molecule has 0 aliphatic carbocycles. The molecule has 8 nitrogen and oxygen atoms in total. The summed E-state index contributed by atoms with van der Waals surface area (Å²) in [6.45, 7) is 3.85. The van der Waals surface area contributed by atoms with Gasteiger partial charge in [0.25, 0.3) is 0 Å². The molecule has 0 saturated carbocycles. The number of nitrogens with two attached hydrogens (primary N) is 1. The van der Waals surface area contributed by atoms with Crippen LogP contribution in [0.4, 0.5) is 0 Å². The molecular formula is C20H27Cl2N5O3. The first-order chi connectivity index (χ1) is 13.5. The molecule has 30 heavy (non-hydrogen) atoms. The Kier molecular flexibility index (Phi) is 6.34. The van der Waals surface area contributed by atoms with E-state index in [4.69, 9.17) is 10.5 Å². The second-order valence-electron chi connectivity index (χ2n) is 8.23. The Morgan fingerprint density at radius 2 is 2.23 bits per heavy atom. The van der Waals surface area contributed by atoms with Gasteiger partial charge in [-0.25, -0.2) is 4.98 Å². The summed E-state index contributed by atoms with van der Waals surface area (Å²) in [6.07, 6.45) is 5.37. The Bertz CT molecular complexity index is 967. The van der Waals surface area contributed by atoms with E-state index in [1.807, 2.05) is 35.9 Å². The molecule has 4 atom stereocenters. The number of rotatable bonds is 5. The summed E-state index contributed by atoms with van der Waals surface area (Å²) in [5.41, 5.74) is 7.93. The number of likely N-dealkylation sites (tertiary alicyclic amines) is 1. The number of ether oxygens (including phenoxy) is 1. The van der Waals surface area contributed by atoms with Crippen LogP contribution in [0.2, 0.25) is 0 Å². The zero-order valence-electron chi connectivity index (χ0n) is 16.7. The lowest BCUT2D eigenvalue weighted by Crippen LogP contribution is -2.45. The van der Waals surface area contributed by atoms with Crippen LogP contribution in [0, 0.1) is 18.8 Å². The third-order valence-electron chi connectivity index (χ3n) is 6.41. The highest BCUT2D eigenvalue weighted by Gasteiger charge is 2.68. The van der Waals surface area contributed by atoms with Crippen molar-refractivity contribution < 1.29 is 14.3 Å². The third-order valence-corrected chi connectivity index (χ3v) is 6.41. The van der Waals surface area contributed by atoms with Crippen LogP contribution in [-0.4, -0.2) is 57.4 Å². The molecule has 0 unspecified atom stereocenters. The van der Waals surface area contributed by atoms with Crippen LogP contribution >= 0.6 is 24.8 Å². The summed E-state index contributed by atoms with van der Waals surface area (Å²) in [4.78, 5) is 32.2. The molecule has 3 aliphatic rings. The lowest BCUT2D eigenvalue weighted by Gasteiger charge is -2.26. The standard InChI is InChI=1S/C20H25N5O3.2ClH/c1-12-3-6-24-10-13(23-15(24)8-12)9-22-18(26)16-14-2-4-20(28-14)11-25(7-5-21)19(27)17(16)20;;/h3,6,8,10,14,16-17H,2,4-5,7,9,11,21H2,1H3,(H,22,26);2*1H/t14-,16-,17+,20-;;/m0../s1. The van der Waals surface area contributed by atoms with Gasteiger partial charge in [-0.05, 0) is 37.5 Å². The van der Waals surface area contributed by atoms with E-state index in [1.54, 1.807) is 4.90 Å². The predicted octanol–water partition coefficient (Wildman–Crippen LogP) is 1.07. The van der Waals surface area contributed by atoms with Crippen LogP contribution in [-0.2, 0) is 20.9 Å². The smallest absolute Gasteiger partial charge is 0.229 e. The average Bonchev–Trinajstić information content (AvgIpc) is 3.39. The molecular weight excluding hydrogens is 429 g/mol. The molecule has 5 rings (SSSR count). The van der Waals surface area contributed by atoms with Gasteiger partial charge in [0.15, 0.2) is 0 Å². The number of hydrogen-bond acceptors (Lipinski definition) is 5. The van der Waals surface area contributed by atoms with E-state index in [9.17, 15) is 9.59 Å². The number of nitrogens with zero attached hydrogens (tertiary/aromatic N) is 3. The first kappa shape index (κ1) is 22.8. The van der Waals surface area contributed by atoms with Crippen molar-refractivity contribution in [1.82, 2.24) is 19.6 Å². The fourth-order valence-corrected chi connectivity index (χ4v) is 5.20. The molecule has 2 amide bonds. The summed E-state index contributed by atoms with van der Waals surface area (Å²) in [6, 6.07) is 4.02. The van der Waals surface area contributed by atoms with Crippen LogP contribution in [0.3, 0.4) is 0 Å². The molecule has 3 N–H and O–H groups in total. The highest BCUT2D eigenvalue weighted by atomic mass is 35.5. The van der Waals surface area contributed by atoms with Gasteiger partial charge >= 0.3 is 0 Å². The van der Waals surface area contributed by atoms with Crippen LogP contribution in [0.25, 0.3) is 5.65 Å². The molecule has 3 aliphatic heterocycles. The van der Waals surface area contributed by atoms with E-state index in [0.29, 0.717) is 26.2 Å². The number of imidazole rings is 1. The van der Waals surface area contributed by atoms with Crippen molar-refractivity contribution in [3.05, 3.63) is 35.8 Å². The van der Waals surface area contributed by atoms with Crippen molar-refractivity contribution in [3.8, 4) is 0 Å². The van der Waals surface area contributed by atoms with Crippen LogP contribution in [0.1, 0.15) is 24.1 Å². The van der Waals surface area contributed by atoms with Crippen LogP contribution < -0.4 is 11.1 Å². The number of amides is 2. The van der Waals surface area contributed by atoms with E-state index in [-0.39, 0.29) is 48.7 Å². The van der Waals surface area contributed by atoms with Crippen LogP contribution in [0.5, 0.6) is 0 Å². The van der Waals surface area contributed by atoms with Gasteiger partial charge in [-0.1, -0.05) is 0 Å². The van der Waals surface area contributed by atoms with Gasteiger partial charge < -0.3 is 25.1 Å². The number of carbonyl (C=O) groups excluding carboxylic acids is 2. The molecule has 10 heteroatoms. The fraction of sp³-hybridized carbons (Fsp3) is 0.550. The quantitative estimate of drug-likeness (QED) is 0.701. The summed E-state index contributed by atoms with van der Waals surface area (Å²) in [5.74, 6) is -0.923. The topological polar surface area (TPSA) is 102 Å². The highest BCUT2D eigenvalue weighted by molar-refractivity contribution is 5.92. The highest BCUT2D eigenvalue weighted by Crippen LogP contribution is 2.55.